The van der Waals surface area contributed by atoms with Crippen molar-refractivity contribution in [3.05, 3.63) is 47.8 Å². The minimum absolute atomic E-state index is 0. The van der Waals surface area contributed by atoms with Gasteiger partial charge in [0.15, 0.2) is 5.96 Å². The fourth-order valence-electron chi connectivity index (χ4n) is 2.94. The van der Waals surface area contributed by atoms with E-state index in [1.165, 1.54) is 0 Å². The van der Waals surface area contributed by atoms with Crippen molar-refractivity contribution in [2.45, 2.75) is 13.5 Å². The normalized spacial score (nSPS) is 15.3. The molecule has 3 rings (SSSR count). The van der Waals surface area contributed by atoms with Crippen molar-refractivity contribution >= 4 is 29.9 Å². The highest BCUT2D eigenvalue weighted by molar-refractivity contribution is 14.0. The molecule has 1 saturated heterocycles. The Morgan fingerprint density at radius 2 is 1.93 bits per heavy atom. The molecule has 8 heteroatoms. The summed E-state index contributed by atoms with van der Waals surface area (Å²) >= 11 is 0. The van der Waals surface area contributed by atoms with Crippen molar-refractivity contribution < 1.29 is 4.74 Å². The summed E-state index contributed by atoms with van der Waals surface area (Å²) in [6, 6.07) is 10.1. The van der Waals surface area contributed by atoms with Crippen LogP contribution >= 0.6 is 24.0 Å². The molecule has 1 fully saturated rings. The first kappa shape index (κ1) is 21.6. The lowest BCUT2D eigenvalue weighted by Crippen LogP contribution is -2.44. The molecule has 0 amide bonds. The first-order valence-electron chi connectivity index (χ1n) is 9.11. The van der Waals surface area contributed by atoms with Gasteiger partial charge in [0.05, 0.1) is 24.6 Å². The molecule has 1 aromatic heterocycles. The van der Waals surface area contributed by atoms with Crippen LogP contribution in [0.25, 0.3) is 5.69 Å². The van der Waals surface area contributed by atoms with E-state index in [9.17, 15) is 0 Å². The molecule has 2 N–H and O–H groups in total. The highest BCUT2D eigenvalue weighted by Crippen LogP contribution is 2.11. The molecule has 1 aromatic carbocycles. The molecule has 0 aliphatic carbocycles. The molecule has 0 bridgehead atoms. The van der Waals surface area contributed by atoms with Gasteiger partial charge in [0.25, 0.3) is 0 Å². The Hall–Kier alpha value is -1.65. The number of aliphatic imine (C=N–C) groups is 1. The Morgan fingerprint density at radius 1 is 1.19 bits per heavy atom. The number of nitrogens with one attached hydrogen (secondary N) is 2. The van der Waals surface area contributed by atoms with Gasteiger partial charge in [0, 0.05) is 51.5 Å². The third-order valence-corrected chi connectivity index (χ3v) is 4.52. The minimum atomic E-state index is 0. The molecule has 7 nitrogen and oxygen atoms in total. The first-order valence-corrected chi connectivity index (χ1v) is 9.11. The van der Waals surface area contributed by atoms with Gasteiger partial charge in [-0.1, -0.05) is 18.2 Å². The van der Waals surface area contributed by atoms with E-state index in [0.29, 0.717) is 6.54 Å². The maximum absolute atomic E-state index is 5.37. The molecule has 2 heterocycles. The SMILES string of the molecule is CN=C(NCCN1CCOCC1)NCc1cn(-c2ccccc2)nc1C.I. The number of benzene rings is 1. The van der Waals surface area contributed by atoms with Gasteiger partial charge in [-0.05, 0) is 19.1 Å². The summed E-state index contributed by atoms with van der Waals surface area (Å²) < 4.78 is 7.29. The molecule has 0 spiro atoms. The number of aryl methyl sites for hydroxylation is 1. The number of ether oxygens (including phenoxy) is 1. The summed E-state index contributed by atoms with van der Waals surface area (Å²) in [6.45, 7) is 8.25. The number of halogens is 1. The number of guanidine groups is 1. The van der Waals surface area contributed by atoms with Crippen LogP contribution in [0.2, 0.25) is 0 Å². The second kappa shape index (κ2) is 11.3. The van der Waals surface area contributed by atoms with Crippen LogP contribution in [0.5, 0.6) is 0 Å². The van der Waals surface area contributed by atoms with E-state index in [0.717, 1.165) is 62.3 Å². The lowest BCUT2D eigenvalue weighted by molar-refractivity contribution is 0.0389. The van der Waals surface area contributed by atoms with Gasteiger partial charge < -0.3 is 15.4 Å². The summed E-state index contributed by atoms with van der Waals surface area (Å²) in [5.41, 5.74) is 3.24. The highest BCUT2D eigenvalue weighted by atomic mass is 127. The summed E-state index contributed by atoms with van der Waals surface area (Å²) in [4.78, 5) is 6.71. The van der Waals surface area contributed by atoms with Crippen molar-refractivity contribution in [3.63, 3.8) is 0 Å². The quantitative estimate of drug-likeness (QED) is 0.372. The molecule has 2 aromatic rings. The van der Waals surface area contributed by atoms with Crippen LogP contribution in [0.3, 0.4) is 0 Å². The van der Waals surface area contributed by atoms with Crippen LogP contribution in [0, 0.1) is 6.92 Å². The van der Waals surface area contributed by atoms with Gasteiger partial charge in [0.1, 0.15) is 0 Å². The van der Waals surface area contributed by atoms with Crippen molar-refractivity contribution in [1.29, 1.82) is 0 Å². The Bertz CT molecular complexity index is 712. The van der Waals surface area contributed by atoms with Gasteiger partial charge in [-0.25, -0.2) is 4.68 Å². The second-order valence-electron chi connectivity index (χ2n) is 6.33. The first-order chi connectivity index (χ1) is 12.8. The molecule has 0 unspecified atom stereocenters. The number of para-hydroxylation sites is 1. The van der Waals surface area contributed by atoms with Crippen molar-refractivity contribution in [3.8, 4) is 5.69 Å². The average Bonchev–Trinajstić information content (AvgIpc) is 3.07. The topological polar surface area (TPSA) is 66.7 Å². The zero-order valence-corrected chi connectivity index (χ0v) is 18.3. The van der Waals surface area contributed by atoms with Crippen LogP contribution in [0.15, 0.2) is 41.5 Å². The largest absolute Gasteiger partial charge is 0.379 e. The Morgan fingerprint density at radius 3 is 2.63 bits per heavy atom. The molecule has 0 atom stereocenters. The van der Waals surface area contributed by atoms with Crippen LogP contribution < -0.4 is 10.6 Å². The summed E-state index contributed by atoms with van der Waals surface area (Å²) in [7, 11) is 1.80. The third-order valence-electron chi connectivity index (χ3n) is 4.52. The van der Waals surface area contributed by atoms with E-state index in [-0.39, 0.29) is 24.0 Å². The molecule has 0 radical (unpaired) electrons. The minimum Gasteiger partial charge on any atom is -0.379 e. The number of nitrogens with zero attached hydrogens (tertiary/aromatic N) is 4. The van der Waals surface area contributed by atoms with Crippen LogP contribution in [-0.2, 0) is 11.3 Å². The van der Waals surface area contributed by atoms with E-state index < -0.39 is 0 Å². The van der Waals surface area contributed by atoms with Gasteiger partial charge in [-0.15, -0.1) is 24.0 Å². The third kappa shape index (κ3) is 6.47. The van der Waals surface area contributed by atoms with Crippen LogP contribution in [0.4, 0.5) is 0 Å². The van der Waals surface area contributed by atoms with E-state index >= 15 is 0 Å². The second-order valence-corrected chi connectivity index (χ2v) is 6.33. The van der Waals surface area contributed by atoms with Crippen molar-refractivity contribution in [2.24, 2.45) is 4.99 Å². The maximum atomic E-state index is 5.37. The average molecular weight is 484 g/mol. The molecule has 1 aliphatic rings. The number of morpholine rings is 1. The lowest BCUT2D eigenvalue weighted by Gasteiger charge is -2.26. The van der Waals surface area contributed by atoms with E-state index in [4.69, 9.17) is 4.74 Å². The predicted molar refractivity (Wildman–Crippen MR) is 119 cm³/mol. The van der Waals surface area contributed by atoms with Crippen LogP contribution in [-0.4, -0.2) is 67.1 Å². The molecular formula is C19H29IN6O. The fourth-order valence-corrected chi connectivity index (χ4v) is 2.94. The maximum Gasteiger partial charge on any atom is 0.191 e. The fraction of sp³-hybridized carbons (Fsp3) is 0.474. The summed E-state index contributed by atoms with van der Waals surface area (Å²) in [6.07, 6.45) is 2.07. The molecule has 27 heavy (non-hydrogen) atoms. The lowest BCUT2D eigenvalue weighted by atomic mass is 10.2. The number of rotatable bonds is 6. The summed E-state index contributed by atoms with van der Waals surface area (Å²) in [5, 5.41) is 11.4. The smallest absolute Gasteiger partial charge is 0.191 e. The molecular weight excluding hydrogens is 455 g/mol. The van der Waals surface area contributed by atoms with Gasteiger partial charge in [-0.3, -0.25) is 9.89 Å². The van der Waals surface area contributed by atoms with E-state index in [1.807, 2.05) is 29.8 Å². The number of hydrogen-bond donors (Lipinski definition) is 2. The van der Waals surface area contributed by atoms with Gasteiger partial charge in [0.2, 0.25) is 0 Å². The Balaban J connectivity index is 0.00000261. The van der Waals surface area contributed by atoms with Crippen molar-refractivity contribution in [1.82, 2.24) is 25.3 Å². The van der Waals surface area contributed by atoms with Gasteiger partial charge >= 0.3 is 0 Å². The Kier molecular flexibility index (Phi) is 9.02. The number of hydrogen-bond acceptors (Lipinski definition) is 4. The zero-order chi connectivity index (χ0) is 18.2. The van der Waals surface area contributed by atoms with E-state index in [1.54, 1.807) is 7.05 Å². The van der Waals surface area contributed by atoms with Gasteiger partial charge in [-0.2, -0.15) is 5.10 Å². The molecule has 148 valence electrons. The standard InChI is InChI=1S/C19H28N6O.HI/c1-16-17(15-25(23-16)18-6-4-3-5-7-18)14-22-19(20-2)21-8-9-24-10-12-26-13-11-24;/h3-7,15H,8-14H2,1-2H3,(H2,20,21,22);1H. The number of aromatic nitrogens is 2. The molecule has 1 aliphatic heterocycles. The van der Waals surface area contributed by atoms with Crippen LogP contribution in [0.1, 0.15) is 11.3 Å². The van der Waals surface area contributed by atoms with E-state index in [2.05, 4.69) is 44.0 Å². The zero-order valence-electron chi connectivity index (χ0n) is 16.0. The molecule has 0 saturated carbocycles. The highest BCUT2D eigenvalue weighted by Gasteiger charge is 2.10. The predicted octanol–water partition coefficient (Wildman–Crippen LogP) is 1.80. The Labute approximate surface area is 178 Å². The monoisotopic (exact) mass is 484 g/mol. The summed E-state index contributed by atoms with van der Waals surface area (Å²) in [5.74, 6) is 0.810. The van der Waals surface area contributed by atoms with Crippen molar-refractivity contribution in [2.75, 3.05) is 46.4 Å².